The Balaban J connectivity index is 1.24. The predicted molar refractivity (Wildman–Crippen MR) is 110 cm³/mol. The third-order valence-corrected chi connectivity index (χ3v) is 5.48. The molecule has 3 heterocycles. The normalized spacial score (nSPS) is 15.0. The maximum absolute atomic E-state index is 12.8. The third kappa shape index (κ3) is 3.41. The van der Waals surface area contributed by atoms with Gasteiger partial charge in [0.15, 0.2) is 5.58 Å². The number of benzene rings is 2. The lowest BCUT2D eigenvalue weighted by Gasteiger charge is -2.32. The maximum atomic E-state index is 12.8. The van der Waals surface area contributed by atoms with Gasteiger partial charge in [0.25, 0.3) is 0 Å². The Morgan fingerprint density at radius 2 is 1.87 bits per heavy atom. The van der Waals surface area contributed by atoms with Gasteiger partial charge in [-0.1, -0.05) is 30.3 Å². The average Bonchev–Trinajstić information content (AvgIpc) is 3.09. The Hall–Kier alpha value is -3.68. The predicted octanol–water partition coefficient (Wildman–Crippen LogP) is 2.61. The molecule has 2 aromatic heterocycles. The highest BCUT2D eigenvalue weighted by Gasteiger charge is 2.26. The SMILES string of the molecule is O=C(Cn1c(=O)oc2ccccc21)N1CCC(Oc2nncc3ccccc23)CC1. The number of fused-ring (bicyclic) bond motifs is 2. The number of aromatic nitrogens is 3. The lowest BCUT2D eigenvalue weighted by Crippen LogP contribution is -2.43. The van der Waals surface area contributed by atoms with Crippen molar-refractivity contribution in [3.8, 4) is 5.88 Å². The van der Waals surface area contributed by atoms with Crippen molar-refractivity contribution in [1.82, 2.24) is 19.7 Å². The first-order valence-electron chi connectivity index (χ1n) is 9.92. The molecule has 30 heavy (non-hydrogen) atoms. The van der Waals surface area contributed by atoms with Crippen LogP contribution in [0.3, 0.4) is 0 Å². The second-order valence-electron chi connectivity index (χ2n) is 7.36. The summed E-state index contributed by atoms with van der Waals surface area (Å²) >= 11 is 0. The van der Waals surface area contributed by atoms with Gasteiger partial charge in [0.05, 0.1) is 11.7 Å². The van der Waals surface area contributed by atoms with Gasteiger partial charge in [-0.25, -0.2) is 4.79 Å². The van der Waals surface area contributed by atoms with Crippen LogP contribution in [0.25, 0.3) is 21.9 Å². The second-order valence-corrected chi connectivity index (χ2v) is 7.36. The van der Waals surface area contributed by atoms with Crippen LogP contribution in [0.4, 0.5) is 0 Å². The molecule has 1 aliphatic heterocycles. The monoisotopic (exact) mass is 404 g/mol. The molecule has 1 aliphatic rings. The van der Waals surface area contributed by atoms with Gasteiger partial charge in [-0.05, 0) is 18.2 Å². The van der Waals surface area contributed by atoms with E-state index in [1.54, 1.807) is 29.3 Å². The summed E-state index contributed by atoms with van der Waals surface area (Å²) in [6.45, 7) is 1.09. The number of amides is 1. The molecule has 2 aromatic carbocycles. The summed E-state index contributed by atoms with van der Waals surface area (Å²) in [6, 6.07) is 14.9. The molecule has 0 unspecified atom stereocenters. The quantitative estimate of drug-likeness (QED) is 0.519. The molecule has 8 heteroatoms. The van der Waals surface area contributed by atoms with Crippen molar-refractivity contribution >= 4 is 27.8 Å². The van der Waals surface area contributed by atoms with Crippen LogP contribution < -0.4 is 10.5 Å². The highest BCUT2D eigenvalue weighted by Crippen LogP contribution is 2.25. The number of para-hydroxylation sites is 2. The minimum absolute atomic E-state index is 0.0316. The van der Waals surface area contributed by atoms with E-state index in [4.69, 9.17) is 9.15 Å². The molecule has 1 fully saturated rings. The Morgan fingerprint density at radius 3 is 2.73 bits per heavy atom. The van der Waals surface area contributed by atoms with E-state index in [-0.39, 0.29) is 18.6 Å². The van der Waals surface area contributed by atoms with Crippen molar-refractivity contribution in [2.75, 3.05) is 13.1 Å². The average molecular weight is 404 g/mol. The van der Waals surface area contributed by atoms with Gasteiger partial charge in [-0.3, -0.25) is 9.36 Å². The van der Waals surface area contributed by atoms with Crippen LogP contribution >= 0.6 is 0 Å². The number of hydrogen-bond acceptors (Lipinski definition) is 6. The largest absolute Gasteiger partial charge is 0.473 e. The molecule has 0 radical (unpaired) electrons. The Labute approximate surface area is 171 Å². The van der Waals surface area contributed by atoms with Crippen LogP contribution in [0.15, 0.2) is 63.9 Å². The van der Waals surface area contributed by atoms with E-state index in [0.29, 0.717) is 42.9 Å². The summed E-state index contributed by atoms with van der Waals surface area (Å²) in [6.07, 6.45) is 3.06. The first-order valence-corrected chi connectivity index (χ1v) is 9.92. The summed E-state index contributed by atoms with van der Waals surface area (Å²) < 4.78 is 12.7. The van der Waals surface area contributed by atoms with Gasteiger partial charge in [0.2, 0.25) is 11.8 Å². The lowest BCUT2D eigenvalue weighted by molar-refractivity contribution is -0.133. The third-order valence-electron chi connectivity index (χ3n) is 5.48. The molecule has 8 nitrogen and oxygen atoms in total. The molecule has 4 aromatic rings. The number of nitrogens with zero attached hydrogens (tertiary/aromatic N) is 4. The van der Waals surface area contributed by atoms with Gasteiger partial charge < -0.3 is 14.1 Å². The fraction of sp³-hybridized carbons (Fsp3) is 0.273. The van der Waals surface area contributed by atoms with E-state index in [1.165, 1.54) is 4.57 Å². The van der Waals surface area contributed by atoms with Gasteiger partial charge in [0.1, 0.15) is 12.6 Å². The number of ether oxygens (including phenoxy) is 1. The van der Waals surface area contributed by atoms with Crippen molar-refractivity contribution in [2.45, 2.75) is 25.5 Å². The van der Waals surface area contributed by atoms with E-state index >= 15 is 0 Å². The molecule has 0 spiro atoms. The van der Waals surface area contributed by atoms with E-state index < -0.39 is 5.76 Å². The van der Waals surface area contributed by atoms with Crippen molar-refractivity contribution in [1.29, 1.82) is 0 Å². The number of likely N-dealkylation sites (tertiary alicyclic amines) is 1. The lowest BCUT2D eigenvalue weighted by atomic mass is 10.1. The van der Waals surface area contributed by atoms with Crippen molar-refractivity contribution < 1.29 is 13.9 Å². The molecular formula is C22H20N4O4. The Kier molecular flexibility index (Phi) is 4.66. The van der Waals surface area contributed by atoms with Gasteiger partial charge in [-0.2, -0.15) is 5.10 Å². The minimum Gasteiger partial charge on any atom is -0.473 e. The van der Waals surface area contributed by atoms with Crippen LogP contribution in [0, 0.1) is 0 Å². The number of hydrogen-bond donors (Lipinski definition) is 0. The molecule has 0 aliphatic carbocycles. The maximum Gasteiger partial charge on any atom is 0.420 e. The summed E-state index contributed by atoms with van der Waals surface area (Å²) in [5.41, 5.74) is 1.11. The van der Waals surface area contributed by atoms with E-state index in [9.17, 15) is 9.59 Å². The first kappa shape index (κ1) is 18.4. The topological polar surface area (TPSA) is 90.5 Å². The van der Waals surface area contributed by atoms with Gasteiger partial charge in [0, 0.05) is 36.7 Å². The van der Waals surface area contributed by atoms with Gasteiger partial charge >= 0.3 is 5.76 Å². The second kappa shape index (κ2) is 7.62. The van der Waals surface area contributed by atoms with Crippen LogP contribution in [-0.2, 0) is 11.3 Å². The number of piperidine rings is 1. The smallest absolute Gasteiger partial charge is 0.420 e. The van der Waals surface area contributed by atoms with Crippen LogP contribution in [-0.4, -0.2) is 44.8 Å². The zero-order valence-electron chi connectivity index (χ0n) is 16.2. The standard InChI is InChI=1S/C22H20N4O4/c27-20(14-26-18-7-3-4-8-19(18)30-22(26)28)25-11-9-16(10-12-25)29-21-17-6-2-1-5-15(17)13-23-24-21/h1-8,13,16H,9-12,14H2. The van der Waals surface area contributed by atoms with Crippen LogP contribution in [0.5, 0.6) is 5.88 Å². The summed E-state index contributed by atoms with van der Waals surface area (Å²) in [5, 5.41) is 10.1. The molecule has 0 atom stereocenters. The summed E-state index contributed by atoms with van der Waals surface area (Å²) in [7, 11) is 0. The fourth-order valence-corrected chi connectivity index (χ4v) is 3.87. The molecule has 5 rings (SSSR count). The fourth-order valence-electron chi connectivity index (χ4n) is 3.87. The van der Waals surface area contributed by atoms with Crippen molar-refractivity contribution in [3.05, 3.63) is 65.3 Å². The zero-order valence-corrected chi connectivity index (χ0v) is 16.2. The number of rotatable bonds is 4. The first-order chi connectivity index (χ1) is 14.7. The molecular weight excluding hydrogens is 384 g/mol. The number of carbonyl (C=O) groups is 1. The number of carbonyl (C=O) groups excluding carboxylic acids is 1. The van der Waals surface area contributed by atoms with Gasteiger partial charge in [-0.15, -0.1) is 5.10 Å². The molecule has 0 bridgehead atoms. The Morgan fingerprint density at radius 1 is 1.10 bits per heavy atom. The van der Waals surface area contributed by atoms with Crippen molar-refractivity contribution in [3.63, 3.8) is 0 Å². The molecule has 1 amide bonds. The van der Waals surface area contributed by atoms with E-state index in [1.807, 2.05) is 30.3 Å². The highest BCUT2D eigenvalue weighted by molar-refractivity contribution is 5.85. The van der Waals surface area contributed by atoms with Crippen LogP contribution in [0.1, 0.15) is 12.8 Å². The number of oxazole rings is 1. The van der Waals surface area contributed by atoms with E-state index in [0.717, 1.165) is 10.8 Å². The van der Waals surface area contributed by atoms with Crippen LogP contribution in [0.2, 0.25) is 0 Å². The molecule has 152 valence electrons. The summed E-state index contributed by atoms with van der Waals surface area (Å²) in [5.74, 6) is -0.0985. The van der Waals surface area contributed by atoms with E-state index in [2.05, 4.69) is 10.2 Å². The Bertz CT molecular complexity index is 1270. The molecule has 1 saturated heterocycles. The molecule has 0 N–H and O–H groups in total. The minimum atomic E-state index is -0.516. The zero-order chi connectivity index (χ0) is 20.5. The highest BCUT2D eigenvalue weighted by atomic mass is 16.5. The van der Waals surface area contributed by atoms with Crippen molar-refractivity contribution in [2.24, 2.45) is 0 Å². The molecule has 0 saturated carbocycles. The summed E-state index contributed by atoms with van der Waals surface area (Å²) in [4.78, 5) is 26.6.